The number of benzene rings is 1. The van der Waals surface area contributed by atoms with Crippen LogP contribution in [-0.2, 0) is 24.4 Å². The van der Waals surface area contributed by atoms with Crippen molar-refractivity contribution in [1.29, 1.82) is 0 Å². The Bertz CT molecular complexity index is 610. The molecule has 150 valence electrons. The molecule has 0 saturated carbocycles. The lowest BCUT2D eigenvalue weighted by Crippen LogP contribution is -2.25. The van der Waals surface area contributed by atoms with Crippen LogP contribution in [0.1, 0.15) is 50.8 Å². The third kappa shape index (κ3) is 8.65. The fraction of sp³-hybridized carbons (Fsp3) is 0.619. The average Bonchev–Trinajstić information content (AvgIpc) is 3.11. The van der Waals surface area contributed by atoms with Gasteiger partial charge >= 0.3 is 0 Å². The maximum Gasteiger partial charge on any atom is 0.0969 e. The first-order valence-corrected chi connectivity index (χ1v) is 10.1. The highest BCUT2D eigenvalue weighted by Crippen LogP contribution is 2.06. The normalized spacial score (nSPS) is 12.6. The van der Waals surface area contributed by atoms with Crippen molar-refractivity contribution >= 4 is 0 Å². The smallest absolute Gasteiger partial charge is 0.0969 e. The first-order valence-electron chi connectivity index (χ1n) is 10.1. The fourth-order valence-corrected chi connectivity index (χ4v) is 2.92. The molecular weight excluding hydrogens is 340 g/mol. The van der Waals surface area contributed by atoms with E-state index in [1.54, 1.807) is 4.68 Å². The number of aliphatic hydroxyl groups is 1. The molecule has 0 bridgehead atoms. The minimum atomic E-state index is -0.598. The summed E-state index contributed by atoms with van der Waals surface area (Å²) >= 11 is 0. The lowest BCUT2D eigenvalue weighted by molar-refractivity contribution is 0.0184. The van der Waals surface area contributed by atoms with Crippen molar-refractivity contribution < 1.29 is 9.84 Å². The summed E-state index contributed by atoms with van der Waals surface area (Å²) in [7, 11) is 0. The maximum absolute atomic E-state index is 10.2. The lowest BCUT2D eigenvalue weighted by Gasteiger charge is -2.20. The lowest BCUT2D eigenvalue weighted by atomic mass is 10.2. The molecule has 0 spiro atoms. The molecule has 2 rings (SSSR count). The van der Waals surface area contributed by atoms with Crippen LogP contribution < -0.4 is 0 Å². The number of rotatable bonds is 14. The third-order valence-electron chi connectivity index (χ3n) is 4.45. The van der Waals surface area contributed by atoms with E-state index in [1.807, 2.05) is 36.5 Å². The summed E-state index contributed by atoms with van der Waals surface area (Å²) in [6.45, 7) is 8.63. The average molecular weight is 375 g/mol. The SMILES string of the molecule is CCCCN(CCCC)Cc1cn(CC(O)COCc2ccccc2)nn1. The highest BCUT2D eigenvalue weighted by atomic mass is 16.5. The van der Waals surface area contributed by atoms with Crippen LogP contribution in [0, 0.1) is 0 Å². The minimum Gasteiger partial charge on any atom is -0.389 e. The molecule has 1 atom stereocenters. The fourth-order valence-electron chi connectivity index (χ4n) is 2.92. The summed E-state index contributed by atoms with van der Waals surface area (Å²) < 4.78 is 7.31. The number of aliphatic hydroxyl groups excluding tert-OH is 1. The Morgan fingerprint density at radius 3 is 2.48 bits per heavy atom. The molecule has 1 heterocycles. The second-order valence-electron chi connectivity index (χ2n) is 7.07. The summed E-state index contributed by atoms with van der Waals surface area (Å²) in [6.07, 6.45) is 6.14. The number of hydrogen-bond acceptors (Lipinski definition) is 5. The molecule has 0 aliphatic carbocycles. The van der Waals surface area contributed by atoms with Crippen molar-refractivity contribution in [2.24, 2.45) is 0 Å². The number of ether oxygens (including phenoxy) is 1. The van der Waals surface area contributed by atoms with Gasteiger partial charge in [0.1, 0.15) is 0 Å². The molecule has 27 heavy (non-hydrogen) atoms. The van der Waals surface area contributed by atoms with Crippen LogP contribution in [-0.4, -0.2) is 50.8 Å². The van der Waals surface area contributed by atoms with Gasteiger partial charge < -0.3 is 9.84 Å². The van der Waals surface area contributed by atoms with Crippen LogP contribution >= 0.6 is 0 Å². The van der Waals surface area contributed by atoms with Crippen molar-refractivity contribution in [3.05, 3.63) is 47.8 Å². The van der Waals surface area contributed by atoms with Gasteiger partial charge in [-0.15, -0.1) is 5.10 Å². The van der Waals surface area contributed by atoms with Gasteiger partial charge in [-0.2, -0.15) is 0 Å². The van der Waals surface area contributed by atoms with E-state index in [1.165, 1.54) is 25.7 Å². The number of unbranched alkanes of at least 4 members (excludes halogenated alkanes) is 2. The van der Waals surface area contributed by atoms with Crippen molar-refractivity contribution in [3.63, 3.8) is 0 Å². The topological polar surface area (TPSA) is 63.4 Å². The van der Waals surface area contributed by atoms with Gasteiger partial charge in [-0.25, -0.2) is 4.68 Å². The Kier molecular flexibility index (Phi) is 10.0. The molecule has 1 aromatic carbocycles. The van der Waals surface area contributed by atoms with Gasteiger partial charge in [0, 0.05) is 12.7 Å². The highest BCUT2D eigenvalue weighted by Gasteiger charge is 2.11. The van der Waals surface area contributed by atoms with Crippen LogP contribution in [0.5, 0.6) is 0 Å². The molecule has 6 heteroatoms. The molecule has 2 aromatic rings. The molecule has 6 nitrogen and oxygen atoms in total. The van der Waals surface area contributed by atoms with Crippen LogP contribution in [0.25, 0.3) is 0 Å². The second kappa shape index (κ2) is 12.6. The first kappa shape index (κ1) is 21.5. The van der Waals surface area contributed by atoms with Crippen molar-refractivity contribution in [1.82, 2.24) is 19.9 Å². The molecule has 0 radical (unpaired) electrons. The molecule has 1 aromatic heterocycles. The van der Waals surface area contributed by atoms with Gasteiger partial charge in [0.15, 0.2) is 0 Å². The van der Waals surface area contributed by atoms with Crippen molar-refractivity contribution in [2.75, 3.05) is 19.7 Å². The Labute approximate surface area is 163 Å². The minimum absolute atomic E-state index is 0.281. The zero-order valence-corrected chi connectivity index (χ0v) is 16.8. The standard InChI is InChI=1S/C21H34N4O2/c1-3-5-12-24(13-6-4-2)14-20-15-25(23-22-20)16-21(26)18-27-17-19-10-8-7-9-11-19/h7-11,15,21,26H,3-6,12-14,16-18H2,1-2H3. The van der Waals surface area contributed by atoms with Gasteiger partial charge in [0.05, 0.1) is 31.6 Å². The number of aromatic nitrogens is 3. The largest absolute Gasteiger partial charge is 0.389 e. The summed E-state index contributed by atoms with van der Waals surface area (Å²) in [5.41, 5.74) is 2.06. The molecule has 1 N–H and O–H groups in total. The molecule has 0 aliphatic rings. The van der Waals surface area contributed by atoms with Crippen LogP contribution in [0.15, 0.2) is 36.5 Å². The predicted molar refractivity (Wildman–Crippen MR) is 107 cm³/mol. The summed E-state index contributed by atoms with van der Waals surface area (Å²) in [5.74, 6) is 0. The summed E-state index contributed by atoms with van der Waals surface area (Å²) in [6, 6.07) is 9.97. The zero-order chi connectivity index (χ0) is 19.3. The maximum atomic E-state index is 10.2. The van der Waals surface area contributed by atoms with Gasteiger partial charge in [-0.05, 0) is 31.5 Å². The monoisotopic (exact) mass is 374 g/mol. The highest BCUT2D eigenvalue weighted by molar-refractivity contribution is 5.13. The first-order chi connectivity index (χ1) is 13.2. The molecule has 0 fully saturated rings. The Hall–Kier alpha value is -1.76. The van der Waals surface area contributed by atoms with Crippen LogP contribution in [0.2, 0.25) is 0 Å². The van der Waals surface area contributed by atoms with Crippen molar-refractivity contribution in [2.45, 2.75) is 65.3 Å². The molecule has 0 aliphatic heterocycles. The van der Waals surface area contributed by atoms with E-state index in [-0.39, 0.29) is 6.61 Å². The van der Waals surface area contributed by atoms with E-state index < -0.39 is 6.10 Å². The van der Waals surface area contributed by atoms with Gasteiger partial charge in [-0.3, -0.25) is 4.90 Å². The summed E-state index contributed by atoms with van der Waals surface area (Å²) in [5, 5.41) is 18.6. The van der Waals surface area contributed by atoms with E-state index >= 15 is 0 Å². The van der Waals surface area contributed by atoms with Crippen LogP contribution in [0.3, 0.4) is 0 Å². The summed E-state index contributed by atoms with van der Waals surface area (Å²) in [4.78, 5) is 2.45. The molecule has 1 unspecified atom stereocenters. The van der Waals surface area contributed by atoms with Gasteiger partial charge in [0.2, 0.25) is 0 Å². The van der Waals surface area contributed by atoms with E-state index in [2.05, 4.69) is 29.1 Å². The quantitative estimate of drug-likeness (QED) is 0.550. The molecule has 0 amide bonds. The number of hydrogen-bond donors (Lipinski definition) is 1. The van der Waals surface area contributed by atoms with E-state index in [4.69, 9.17) is 4.74 Å². The Balaban J connectivity index is 1.74. The van der Waals surface area contributed by atoms with E-state index in [0.717, 1.165) is 30.9 Å². The van der Waals surface area contributed by atoms with E-state index in [0.29, 0.717) is 13.2 Å². The van der Waals surface area contributed by atoms with Crippen molar-refractivity contribution in [3.8, 4) is 0 Å². The number of nitrogens with zero attached hydrogens (tertiary/aromatic N) is 4. The van der Waals surface area contributed by atoms with E-state index in [9.17, 15) is 5.11 Å². The van der Waals surface area contributed by atoms with Gasteiger partial charge in [-0.1, -0.05) is 62.2 Å². The molecular formula is C21H34N4O2. The van der Waals surface area contributed by atoms with Gasteiger partial charge in [0.25, 0.3) is 0 Å². The third-order valence-corrected chi connectivity index (χ3v) is 4.45. The Morgan fingerprint density at radius 2 is 1.81 bits per heavy atom. The zero-order valence-electron chi connectivity index (χ0n) is 16.8. The predicted octanol–water partition coefficient (Wildman–Crippen LogP) is 3.26. The van der Waals surface area contributed by atoms with Crippen LogP contribution in [0.4, 0.5) is 0 Å². The molecule has 0 saturated heterocycles. The Morgan fingerprint density at radius 1 is 1.11 bits per heavy atom. The second-order valence-corrected chi connectivity index (χ2v) is 7.07.